The van der Waals surface area contributed by atoms with E-state index in [-0.39, 0.29) is 0 Å². The third-order valence-corrected chi connectivity index (χ3v) is 5.39. The standard InChI is InChI=1S/C17H25N9/c1-24-7-9-26(10-8-24)17-20-15(19-16(21-17)25-5-2-6-25)18-14-11-13(22-23-14)12-3-4-12/h11-12H,2-10H2,1H3,(H2,18,19,20,21,22,23). The van der Waals surface area contributed by atoms with Crippen LogP contribution < -0.4 is 15.1 Å². The molecule has 2 aromatic heterocycles. The Balaban J connectivity index is 1.40. The summed E-state index contributed by atoms with van der Waals surface area (Å²) in [6.07, 6.45) is 3.70. The van der Waals surface area contributed by atoms with E-state index in [0.29, 0.717) is 11.9 Å². The number of rotatable bonds is 5. The van der Waals surface area contributed by atoms with Gasteiger partial charge in [-0.05, 0) is 26.3 Å². The van der Waals surface area contributed by atoms with Crippen molar-refractivity contribution in [3.8, 4) is 0 Å². The van der Waals surface area contributed by atoms with E-state index in [1.807, 2.05) is 0 Å². The zero-order valence-electron chi connectivity index (χ0n) is 15.1. The number of hydrogen-bond acceptors (Lipinski definition) is 8. The molecule has 5 rings (SSSR count). The zero-order chi connectivity index (χ0) is 17.5. The summed E-state index contributed by atoms with van der Waals surface area (Å²) in [5.74, 6) is 3.52. The summed E-state index contributed by atoms with van der Waals surface area (Å²) in [6.45, 7) is 5.95. The molecule has 138 valence electrons. The van der Waals surface area contributed by atoms with E-state index in [9.17, 15) is 0 Å². The molecule has 26 heavy (non-hydrogen) atoms. The van der Waals surface area contributed by atoms with Crippen LogP contribution in [0.15, 0.2) is 6.07 Å². The predicted molar refractivity (Wildman–Crippen MR) is 100 cm³/mol. The molecule has 0 bridgehead atoms. The first kappa shape index (κ1) is 15.8. The third-order valence-electron chi connectivity index (χ3n) is 5.39. The van der Waals surface area contributed by atoms with Gasteiger partial charge in [0.25, 0.3) is 0 Å². The Hall–Kier alpha value is -2.42. The van der Waals surface area contributed by atoms with Crippen molar-refractivity contribution in [2.24, 2.45) is 0 Å². The molecule has 4 heterocycles. The molecule has 2 saturated heterocycles. The fraction of sp³-hybridized carbons (Fsp3) is 0.647. The maximum absolute atomic E-state index is 4.73. The van der Waals surface area contributed by atoms with Gasteiger partial charge < -0.3 is 20.0 Å². The summed E-state index contributed by atoms with van der Waals surface area (Å²) in [7, 11) is 2.15. The third kappa shape index (κ3) is 3.18. The first-order valence-corrected chi connectivity index (χ1v) is 9.51. The molecular weight excluding hydrogens is 330 g/mol. The summed E-state index contributed by atoms with van der Waals surface area (Å²) >= 11 is 0. The number of H-pyrrole nitrogens is 1. The second-order valence-corrected chi connectivity index (χ2v) is 7.50. The van der Waals surface area contributed by atoms with E-state index in [1.54, 1.807) is 0 Å². The van der Waals surface area contributed by atoms with Crippen LogP contribution in [-0.2, 0) is 0 Å². The van der Waals surface area contributed by atoms with Crippen LogP contribution in [0.25, 0.3) is 0 Å². The number of nitrogens with one attached hydrogen (secondary N) is 2. The summed E-state index contributed by atoms with van der Waals surface area (Å²) in [4.78, 5) is 20.8. The van der Waals surface area contributed by atoms with Crippen molar-refractivity contribution in [2.45, 2.75) is 25.2 Å². The molecule has 2 N–H and O–H groups in total. The molecule has 0 atom stereocenters. The SMILES string of the molecule is CN1CCN(c2nc(Nc3cc(C4CC4)[nH]n3)nc(N3CCC3)n2)CC1. The van der Waals surface area contributed by atoms with E-state index in [4.69, 9.17) is 4.98 Å². The summed E-state index contributed by atoms with van der Waals surface area (Å²) < 4.78 is 0. The molecule has 0 spiro atoms. The topological polar surface area (TPSA) is 89.1 Å². The fourth-order valence-electron chi connectivity index (χ4n) is 3.33. The lowest BCUT2D eigenvalue weighted by molar-refractivity contribution is 0.311. The van der Waals surface area contributed by atoms with Crippen molar-refractivity contribution in [1.82, 2.24) is 30.0 Å². The Morgan fingerprint density at radius 3 is 2.27 bits per heavy atom. The maximum atomic E-state index is 4.73. The van der Waals surface area contributed by atoms with Gasteiger partial charge in [0, 0.05) is 56.9 Å². The number of hydrogen-bond donors (Lipinski definition) is 2. The van der Waals surface area contributed by atoms with Crippen LogP contribution in [0.3, 0.4) is 0 Å². The van der Waals surface area contributed by atoms with Crippen molar-refractivity contribution in [3.63, 3.8) is 0 Å². The zero-order valence-corrected chi connectivity index (χ0v) is 15.1. The van der Waals surface area contributed by atoms with Gasteiger partial charge in [-0.15, -0.1) is 0 Å². The van der Waals surface area contributed by atoms with Gasteiger partial charge in [-0.25, -0.2) is 0 Å². The van der Waals surface area contributed by atoms with Crippen LogP contribution in [0.5, 0.6) is 0 Å². The number of anilines is 4. The lowest BCUT2D eigenvalue weighted by Gasteiger charge is -2.34. The molecule has 0 amide bonds. The summed E-state index contributed by atoms with van der Waals surface area (Å²) in [5, 5.41) is 10.8. The Morgan fingerprint density at radius 2 is 1.65 bits per heavy atom. The highest BCUT2D eigenvalue weighted by Crippen LogP contribution is 2.39. The number of piperazine rings is 1. The second kappa shape index (κ2) is 6.39. The molecule has 9 nitrogen and oxygen atoms in total. The van der Waals surface area contributed by atoms with Crippen LogP contribution in [0.2, 0.25) is 0 Å². The molecule has 0 aromatic carbocycles. The van der Waals surface area contributed by atoms with Gasteiger partial charge in [-0.1, -0.05) is 0 Å². The van der Waals surface area contributed by atoms with E-state index in [1.165, 1.54) is 25.0 Å². The Morgan fingerprint density at radius 1 is 0.962 bits per heavy atom. The van der Waals surface area contributed by atoms with Gasteiger partial charge in [0.1, 0.15) is 0 Å². The molecule has 0 radical (unpaired) electrons. The number of likely N-dealkylation sites (N-methyl/N-ethyl adjacent to an activating group) is 1. The molecule has 1 aliphatic carbocycles. The van der Waals surface area contributed by atoms with Crippen molar-refractivity contribution in [1.29, 1.82) is 0 Å². The van der Waals surface area contributed by atoms with Crippen molar-refractivity contribution >= 4 is 23.7 Å². The Kier molecular flexibility index (Phi) is 3.88. The van der Waals surface area contributed by atoms with Gasteiger partial charge in [0.2, 0.25) is 17.8 Å². The first-order chi connectivity index (χ1) is 12.7. The van der Waals surface area contributed by atoms with Gasteiger partial charge in [-0.3, -0.25) is 5.10 Å². The van der Waals surface area contributed by atoms with Gasteiger partial charge in [0.15, 0.2) is 5.82 Å². The van der Waals surface area contributed by atoms with Crippen molar-refractivity contribution in [3.05, 3.63) is 11.8 Å². The van der Waals surface area contributed by atoms with Crippen molar-refractivity contribution < 1.29 is 0 Å². The molecule has 9 heteroatoms. The predicted octanol–water partition coefficient (Wildman–Crippen LogP) is 1.18. The lowest BCUT2D eigenvalue weighted by atomic mass is 10.2. The van der Waals surface area contributed by atoms with E-state index in [2.05, 4.69) is 53.3 Å². The minimum absolute atomic E-state index is 0.574. The lowest BCUT2D eigenvalue weighted by Crippen LogP contribution is -2.45. The first-order valence-electron chi connectivity index (χ1n) is 9.51. The van der Waals surface area contributed by atoms with Crippen LogP contribution in [-0.4, -0.2) is 76.4 Å². The largest absolute Gasteiger partial charge is 0.340 e. The highest BCUT2D eigenvalue weighted by atomic mass is 15.4. The second-order valence-electron chi connectivity index (χ2n) is 7.50. The maximum Gasteiger partial charge on any atom is 0.235 e. The quantitative estimate of drug-likeness (QED) is 0.826. The average molecular weight is 355 g/mol. The number of nitrogens with zero attached hydrogens (tertiary/aromatic N) is 7. The van der Waals surface area contributed by atoms with Crippen molar-refractivity contribution in [2.75, 3.05) is 61.4 Å². The minimum Gasteiger partial charge on any atom is -0.340 e. The van der Waals surface area contributed by atoms with Crippen LogP contribution in [0.1, 0.15) is 30.9 Å². The fourth-order valence-corrected chi connectivity index (χ4v) is 3.33. The van der Waals surface area contributed by atoms with Gasteiger partial charge in [-0.2, -0.15) is 20.1 Å². The average Bonchev–Trinajstić information content (AvgIpc) is 3.34. The molecular formula is C17H25N9. The summed E-state index contributed by atoms with van der Waals surface area (Å²) in [5.41, 5.74) is 1.20. The molecule has 0 unspecified atom stereocenters. The van der Waals surface area contributed by atoms with Gasteiger partial charge >= 0.3 is 0 Å². The number of aromatic amines is 1. The smallest absolute Gasteiger partial charge is 0.235 e. The van der Waals surface area contributed by atoms with E-state index >= 15 is 0 Å². The highest BCUT2D eigenvalue weighted by molar-refractivity contribution is 5.54. The number of aromatic nitrogens is 5. The Labute approximate surface area is 152 Å². The highest BCUT2D eigenvalue weighted by Gasteiger charge is 2.26. The normalized spacial score (nSPS) is 21.0. The Bertz CT molecular complexity index is 772. The van der Waals surface area contributed by atoms with Crippen LogP contribution in [0, 0.1) is 0 Å². The minimum atomic E-state index is 0.574. The monoisotopic (exact) mass is 355 g/mol. The van der Waals surface area contributed by atoms with Gasteiger partial charge in [0.05, 0.1) is 0 Å². The van der Waals surface area contributed by atoms with Crippen LogP contribution >= 0.6 is 0 Å². The molecule has 1 saturated carbocycles. The molecule has 2 aromatic rings. The molecule has 2 aliphatic heterocycles. The summed E-state index contributed by atoms with van der Waals surface area (Å²) in [6, 6.07) is 2.07. The van der Waals surface area contributed by atoms with E-state index < -0.39 is 0 Å². The molecule has 3 aliphatic rings. The van der Waals surface area contributed by atoms with Crippen LogP contribution in [0.4, 0.5) is 23.7 Å². The molecule has 3 fully saturated rings. The van der Waals surface area contributed by atoms with E-state index in [0.717, 1.165) is 57.0 Å².